The molecule has 3 rings (SSSR count). The Morgan fingerprint density at radius 1 is 1.40 bits per heavy atom. The molecular formula is C12H13NO2. The Labute approximate surface area is 88.6 Å². The van der Waals surface area contributed by atoms with Gasteiger partial charge in [-0.05, 0) is 24.5 Å². The predicted molar refractivity (Wildman–Crippen MR) is 57.2 cm³/mol. The maximum absolute atomic E-state index is 11.6. The molecule has 3 heteroatoms. The van der Waals surface area contributed by atoms with Gasteiger partial charge in [0.05, 0.1) is 5.56 Å². The number of esters is 1. The summed E-state index contributed by atoms with van der Waals surface area (Å²) in [5.41, 5.74) is 4.26. The monoisotopic (exact) mass is 203 g/mol. The van der Waals surface area contributed by atoms with E-state index in [1.54, 1.807) is 0 Å². The summed E-state index contributed by atoms with van der Waals surface area (Å²) in [6.45, 7) is 1.52. The van der Waals surface area contributed by atoms with Gasteiger partial charge in [0, 0.05) is 24.8 Å². The number of benzene rings is 1. The molecule has 2 heterocycles. The molecule has 78 valence electrons. The summed E-state index contributed by atoms with van der Waals surface area (Å²) in [6.07, 6.45) is 2.12. The first-order valence-electron chi connectivity index (χ1n) is 5.30. The molecule has 0 spiro atoms. The van der Waals surface area contributed by atoms with Crippen LogP contribution in [-0.4, -0.2) is 19.6 Å². The lowest BCUT2D eigenvalue weighted by molar-refractivity contribution is 0.0534. The molecule has 0 N–H and O–H groups in total. The normalized spacial score (nSPS) is 18.5. The number of carbonyl (C=O) groups is 1. The van der Waals surface area contributed by atoms with Crippen LogP contribution in [0.3, 0.4) is 0 Å². The molecule has 0 saturated carbocycles. The van der Waals surface area contributed by atoms with Crippen LogP contribution in [-0.2, 0) is 17.8 Å². The quantitative estimate of drug-likeness (QED) is 0.601. The van der Waals surface area contributed by atoms with Crippen molar-refractivity contribution in [2.75, 3.05) is 18.5 Å². The zero-order valence-electron chi connectivity index (χ0n) is 8.75. The number of hydrogen-bond acceptors (Lipinski definition) is 3. The largest absolute Gasteiger partial charge is 0.457 e. The van der Waals surface area contributed by atoms with E-state index < -0.39 is 0 Å². The molecule has 3 nitrogen and oxygen atoms in total. The second kappa shape index (κ2) is 2.99. The average Bonchev–Trinajstić information content (AvgIpc) is 2.61. The van der Waals surface area contributed by atoms with Crippen LogP contribution in [0.2, 0.25) is 0 Å². The van der Waals surface area contributed by atoms with Gasteiger partial charge in [0.25, 0.3) is 0 Å². The number of nitrogens with zero attached hydrogens (tertiary/aromatic N) is 1. The van der Waals surface area contributed by atoms with Crippen LogP contribution in [0.15, 0.2) is 12.1 Å². The first-order chi connectivity index (χ1) is 7.27. The molecule has 0 bridgehead atoms. The molecule has 0 amide bonds. The van der Waals surface area contributed by atoms with Crippen LogP contribution in [0.25, 0.3) is 0 Å². The Kier molecular flexibility index (Phi) is 1.75. The lowest BCUT2D eigenvalue weighted by atomic mass is 9.94. The van der Waals surface area contributed by atoms with Gasteiger partial charge in [-0.3, -0.25) is 0 Å². The van der Waals surface area contributed by atoms with Crippen LogP contribution >= 0.6 is 0 Å². The van der Waals surface area contributed by atoms with E-state index in [9.17, 15) is 4.79 Å². The molecule has 0 saturated heterocycles. The number of fused-ring (bicyclic) bond motifs is 3. The van der Waals surface area contributed by atoms with Crippen molar-refractivity contribution in [3.8, 4) is 0 Å². The van der Waals surface area contributed by atoms with E-state index in [-0.39, 0.29) is 5.97 Å². The van der Waals surface area contributed by atoms with Crippen LogP contribution in [0.4, 0.5) is 5.69 Å². The molecule has 2 aliphatic heterocycles. The third kappa shape index (κ3) is 1.16. The van der Waals surface area contributed by atoms with Crippen LogP contribution in [0, 0.1) is 0 Å². The van der Waals surface area contributed by atoms with Crippen LogP contribution in [0.5, 0.6) is 0 Å². The number of anilines is 1. The average molecular weight is 203 g/mol. The second-order valence-corrected chi connectivity index (χ2v) is 4.20. The van der Waals surface area contributed by atoms with Gasteiger partial charge in [0.15, 0.2) is 0 Å². The molecule has 2 aliphatic rings. The minimum Gasteiger partial charge on any atom is -0.457 e. The van der Waals surface area contributed by atoms with Gasteiger partial charge < -0.3 is 9.64 Å². The van der Waals surface area contributed by atoms with E-state index in [2.05, 4.69) is 18.0 Å². The fraction of sp³-hybridized carbons (Fsp3) is 0.417. The van der Waals surface area contributed by atoms with Crippen molar-refractivity contribution in [3.05, 3.63) is 28.8 Å². The van der Waals surface area contributed by atoms with E-state index in [0.717, 1.165) is 30.5 Å². The van der Waals surface area contributed by atoms with Crippen molar-refractivity contribution in [2.45, 2.75) is 19.4 Å². The lowest BCUT2D eigenvalue weighted by Crippen LogP contribution is -2.25. The highest BCUT2D eigenvalue weighted by Crippen LogP contribution is 2.34. The molecule has 0 radical (unpaired) electrons. The minimum atomic E-state index is -0.142. The van der Waals surface area contributed by atoms with Gasteiger partial charge in [0.1, 0.15) is 6.61 Å². The summed E-state index contributed by atoms with van der Waals surface area (Å²) in [6, 6.07) is 4.12. The van der Waals surface area contributed by atoms with Crippen LogP contribution in [0.1, 0.15) is 27.9 Å². The molecule has 0 unspecified atom stereocenters. The summed E-state index contributed by atoms with van der Waals surface area (Å²) >= 11 is 0. The molecule has 0 aromatic heterocycles. The van der Waals surface area contributed by atoms with E-state index in [1.165, 1.54) is 11.3 Å². The highest BCUT2D eigenvalue weighted by molar-refractivity contribution is 5.97. The van der Waals surface area contributed by atoms with E-state index in [0.29, 0.717) is 6.61 Å². The SMILES string of the molecule is CN1CCCc2c1ccc1c2C(=O)OC1. The standard InChI is InChI=1S/C12H13NO2/c1-13-6-2-3-9-10(13)5-4-8-7-15-12(14)11(8)9/h4-5H,2-3,6-7H2,1H3. The Morgan fingerprint density at radius 3 is 3.13 bits per heavy atom. The van der Waals surface area contributed by atoms with Gasteiger partial charge in [-0.2, -0.15) is 0 Å². The van der Waals surface area contributed by atoms with E-state index in [1.807, 2.05) is 6.07 Å². The molecule has 0 atom stereocenters. The highest BCUT2D eigenvalue weighted by atomic mass is 16.5. The smallest absolute Gasteiger partial charge is 0.339 e. The fourth-order valence-corrected chi connectivity index (χ4v) is 2.50. The van der Waals surface area contributed by atoms with E-state index >= 15 is 0 Å². The van der Waals surface area contributed by atoms with Crippen molar-refractivity contribution >= 4 is 11.7 Å². The van der Waals surface area contributed by atoms with Crippen molar-refractivity contribution in [2.24, 2.45) is 0 Å². The Morgan fingerprint density at radius 2 is 2.27 bits per heavy atom. The minimum absolute atomic E-state index is 0.142. The Balaban J connectivity index is 2.23. The third-order valence-electron chi connectivity index (χ3n) is 3.27. The summed E-state index contributed by atoms with van der Waals surface area (Å²) in [4.78, 5) is 13.8. The first-order valence-corrected chi connectivity index (χ1v) is 5.30. The molecule has 1 aromatic rings. The highest BCUT2D eigenvalue weighted by Gasteiger charge is 2.28. The van der Waals surface area contributed by atoms with Crippen molar-refractivity contribution < 1.29 is 9.53 Å². The van der Waals surface area contributed by atoms with Gasteiger partial charge in [0.2, 0.25) is 0 Å². The zero-order chi connectivity index (χ0) is 10.4. The first kappa shape index (κ1) is 8.77. The molecule has 15 heavy (non-hydrogen) atoms. The predicted octanol–water partition coefficient (Wildman–Crippen LogP) is 1.74. The molecular weight excluding hydrogens is 190 g/mol. The van der Waals surface area contributed by atoms with Crippen LogP contribution < -0.4 is 4.90 Å². The topological polar surface area (TPSA) is 29.5 Å². The number of carbonyl (C=O) groups excluding carboxylic acids is 1. The Bertz CT molecular complexity index is 439. The van der Waals surface area contributed by atoms with Gasteiger partial charge in [-0.15, -0.1) is 0 Å². The third-order valence-corrected chi connectivity index (χ3v) is 3.27. The zero-order valence-corrected chi connectivity index (χ0v) is 8.75. The van der Waals surface area contributed by atoms with Crippen molar-refractivity contribution in [1.82, 2.24) is 0 Å². The second-order valence-electron chi connectivity index (χ2n) is 4.20. The van der Waals surface area contributed by atoms with Gasteiger partial charge in [-0.1, -0.05) is 6.07 Å². The number of rotatable bonds is 0. The summed E-state index contributed by atoms with van der Waals surface area (Å²) in [7, 11) is 2.07. The van der Waals surface area contributed by atoms with Gasteiger partial charge in [-0.25, -0.2) is 4.79 Å². The number of ether oxygens (including phenoxy) is 1. The van der Waals surface area contributed by atoms with Gasteiger partial charge >= 0.3 is 5.97 Å². The number of hydrogen-bond donors (Lipinski definition) is 0. The lowest BCUT2D eigenvalue weighted by Gasteiger charge is -2.28. The molecule has 1 aromatic carbocycles. The molecule has 0 fully saturated rings. The van der Waals surface area contributed by atoms with Crippen molar-refractivity contribution in [1.29, 1.82) is 0 Å². The Hall–Kier alpha value is -1.51. The fourth-order valence-electron chi connectivity index (χ4n) is 2.50. The maximum atomic E-state index is 11.6. The summed E-state index contributed by atoms with van der Waals surface area (Å²) in [5.74, 6) is -0.142. The number of cyclic esters (lactones) is 1. The van der Waals surface area contributed by atoms with Crippen molar-refractivity contribution in [3.63, 3.8) is 0 Å². The summed E-state index contributed by atoms with van der Waals surface area (Å²) in [5, 5.41) is 0. The molecule has 0 aliphatic carbocycles. The summed E-state index contributed by atoms with van der Waals surface area (Å²) < 4.78 is 5.07. The van der Waals surface area contributed by atoms with E-state index in [4.69, 9.17) is 4.74 Å². The maximum Gasteiger partial charge on any atom is 0.339 e.